The Bertz CT molecular complexity index is 3130. The van der Waals surface area contributed by atoms with Crippen molar-refractivity contribution in [3.05, 3.63) is 181 Å². The standard InChI is InChI=1S/C51H34N2O/c1-51(2)42-27-24-33(29-41(42)48-35-16-7-6-13-31(35)23-28-43(48)51)34-25-26-38(37-18-9-8-17-36(34)37)44-30-45(53-50(52-44)32-14-4-3-5-15-32)39-20-12-22-47-49(39)40-19-10-11-21-46(40)54-47/h3-30H,1-2H3. The molecule has 1 aliphatic carbocycles. The molecule has 0 unspecified atom stereocenters. The van der Waals surface area contributed by atoms with Gasteiger partial charge in [-0.2, -0.15) is 0 Å². The number of para-hydroxylation sites is 1. The van der Waals surface area contributed by atoms with Gasteiger partial charge in [-0.3, -0.25) is 0 Å². The zero-order valence-corrected chi connectivity index (χ0v) is 30.0. The SMILES string of the molecule is CC1(C)c2ccc(-c3ccc(-c4cc(-c5cccc6oc7ccccc7c56)nc(-c5ccccc5)n4)c4ccccc34)cc2-c2c1ccc1ccccc21. The minimum absolute atomic E-state index is 0.0760. The van der Waals surface area contributed by atoms with Crippen molar-refractivity contribution in [1.82, 2.24) is 9.97 Å². The molecule has 8 aromatic carbocycles. The number of furan rings is 1. The molecular formula is C51H34N2O. The van der Waals surface area contributed by atoms with Crippen molar-refractivity contribution < 1.29 is 4.42 Å². The van der Waals surface area contributed by atoms with Crippen LogP contribution >= 0.6 is 0 Å². The molecule has 0 N–H and O–H groups in total. The summed E-state index contributed by atoms with van der Waals surface area (Å²) in [5.41, 5.74) is 14.3. The van der Waals surface area contributed by atoms with E-state index >= 15 is 0 Å². The molecule has 1 aliphatic rings. The number of hydrogen-bond acceptors (Lipinski definition) is 3. The van der Waals surface area contributed by atoms with Crippen LogP contribution in [-0.2, 0) is 5.41 Å². The normalized spacial score (nSPS) is 13.1. The van der Waals surface area contributed by atoms with Gasteiger partial charge < -0.3 is 4.42 Å². The van der Waals surface area contributed by atoms with Gasteiger partial charge in [-0.15, -0.1) is 0 Å². The first-order valence-electron chi connectivity index (χ1n) is 18.6. The smallest absolute Gasteiger partial charge is 0.160 e. The zero-order valence-electron chi connectivity index (χ0n) is 30.0. The van der Waals surface area contributed by atoms with Gasteiger partial charge in [0, 0.05) is 32.9 Å². The van der Waals surface area contributed by atoms with Gasteiger partial charge in [-0.1, -0.05) is 159 Å². The summed E-state index contributed by atoms with van der Waals surface area (Å²) < 4.78 is 6.29. The lowest BCUT2D eigenvalue weighted by Crippen LogP contribution is -2.14. The van der Waals surface area contributed by atoms with E-state index in [0.29, 0.717) is 5.82 Å². The van der Waals surface area contributed by atoms with E-state index in [-0.39, 0.29) is 5.41 Å². The van der Waals surface area contributed by atoms with Crippen molar-refractivity contribution in [2.24, 2.45) is 0 Å². The number of aromatic nitrogens is 2. The largest absolute Gasteiger partial charge is 0.456 e. The summed E-state index contributed by atoms with van der Waals surface area (Å²) in [5, 5.41) is 7.06. The maximum Gasteiger partial charge on any atom is 0.160 e. The second-order valence-electron chi connectivity index (χ2n) is 14.9. The number of hydrogen-bond donors (Lipinski definition) is 0. The van der Waals surface area contributed by atoms with Gasteiger partial charge in [-0.05, 0) is 79.2 Å². The Morgan fingerprint density at radius 1 is 0.426 bits per heavy atom. The Balaban J connectivity index is 1.12. The second kappa shape index (κ2) is 11.6. The molecule has 54 heavy (non-hydrogen) atoms. The molecule has 11 rings (SSSR count). The first kappa shape index (κ1) is 30.8. The summed E-state index contributed by atoms with van der Waals surface area (Å²) >= 11 is 0. The zero-order chi connectivity index (χ0) is 36.0. The highest BCUT2D eigenvalue weighted by Gasteiger charge is 2.36. The van der Waals surface area contributed by atoms with E-state index in [2.05, 4.69) is 141 Å². The molecule has 0 saturated heterocycles. The van der Waals surface area contributed by atoms with Crippen LogP contribution in [0.25, 0.3) is 99.6 Å². The first-order chi connectivity index (χ1) is 26.5. The third-order valence-corrected chi connectivity index (χ3v) is 11.5. The fraction of sp³-hybridized carbons (Fsp3) is 0.0588. The minimum atomic E-state index is -0.0760. The Morgan fingerprint density at radius 2 is 1.07 bits per heavy atom. The highest BCUT2D eigenvalue weighted by Crippen LogP contribution is 2.52. The molecular weight excluding hydrogens is 657 g/mol. The summed E-state index contributed by atoms with van der Waals surface area (Å²) in [5.74, 6) is 0.688. The molecule has 2 heterocycles. The number of rotatable bonds is 4. The molecule has 0 atom stereocenters. The molecule has 10 aromatic rings. The molecule has 0 amide bonds. The second-order valence-corrected chi connectivity index (χ2v) is 14.9. The van der Waals surface area contributed by atoms with E-state index in [1.54, 1.807) is 0 Å². The van der Waals surface area contributed by atoms with E-state index in [9.17, 15) is 0 Å². The molecule has 3 nitrogen and oxygen atoms in total. The molecule has 0 spiro atoms. The van der Waals surface area contributed by atoms with Gasteiger partial charge in [0.2, 0.25) is 0 Å². The number of fused-ring (bicyclic) bond motifs is 9. The van der Waals surface area contributed by atoms with Crippen LogP contribution in [0.5, 0.6) is 0 Å². The Hall–Kier alpha value is -6.84. The average molecular weight is 691 g/mol. The van der Waals surface area contributed by atoms with E-state index in [1.165, 1.54) is 49.5 Å². The predicted molar refractivity (Wildman–Crippen MR) is 224 cm³/mol. The Morgan fingerprint density at radius 3 is 1.91 bits per heavy atom. The highest BCUT2D eigenvalue weighted by molar-refractivity contribution is 6.13. The molecule has 0 fully saturated rings. The number of nitrogens with zero attached hydrogens (tertiary/aromatic N) is 2. The lowest BCUT2D eigenvalue weighted by atomic mass is 9.81. The van der Waals surface area contributed by atoms with Crippen molar-refractivity contribution in [3.63, 3.8) is 0 Å². The van der Waals surface area contributed by atoms with Crippen LogP contribution in [0.3, 0.4) is 0 Å². The summed E-state index contributed by atoms with van der Waals surface area (Å²) in [6.45, 7) is 4.71. The van der Waals surface area contributed by atoms with E-state index in [0.717, 1.165) is 55.4 Å². The molecule has 0 saturated carbocycles. The molecule has 254 valence electrons. The minimum Gasteiger partial charge on any atom is -0.456 e. The van der Waals surface area contributed by atoms with E-state index < -0.39 is 0 Å². The van der Waals surface area contributed by atoms with Crippen molar-refractivity contribution >= 4 is 43.5 Å². The fourth-order valence-electron chi connectivity index (χ4n) is 8.89. The van der Waals surface area contributed by atoms with Crippen molar-refractivity contribution in [3.8, 4) is 56.2 Å². The van der Waals surface area contributed by atoms with Crippen molar-refractivity contribution in [2.75, 3.05) is 0 Å². The van der Waals surface area contributed by atoms with Crippen LogP contribution in [0, 0.1) is 0 Å². The van der Waals surface area contributed by atoms with Crippen LogP contribution in [0.1, 0.15) is 25.0 Å². The first-order valence-corrected chi connectivity index (χ1v) is 18.6. The maximum atomic E-state index is 6.29. The monoisotopic (exact) mass is 690 g/mol. The predicted octanol–water partition coefficient (Wildman–Crippen LogP) is 13.7. The Labute approximate surface area is 313 Å². The van der Waals surface area contributed by atoms with Gasteiger partial charge in [0.15, 0.2) is 5.82 Å². The summed E-state index contributed by atoms with van der Waals surface area (Å²) in [4.78, 5) is 10.5. The third kappa shape index (κ3) is 4.55. The van der Waals surface area contributed by atoms with Crippen molar-refractivity contribution in [2.45, 2.75) is 19.3 Å². The van der Waals surface area contributed by atoms with Crippen molar-refractivity contribution in [1.29, 1.82) is 0 Å². The highest BCUT2D eigenvalue weighted by atomic mass is 16.3. The van der Waals surface area contributed by atoms with Crippen LogP contribution in [0.2, 0.25) is 0 Å². The topological polar surface area (TPSA) is 38.9 Å². The summed E-state index contributed by atoms with van der Waals surface area (Å²) in [6.07, 6.45) is 0. The summed E-state index contributed by atoms with van der Waals surface area (Å²) in [7, 11) is 0. The van der Waals surface area contributed by atoms with Gasteiger partial charge >= 0.3 is 0 Å². The van der Waals surface area contributed by atoms with Gasteiger partial charge in [0.25, 0.3) is 0 Å². The summed E-state index contributed by atoms with van der Waals surface area (Å²) in [6, 6.07) is 60.6. The van der Waals surface area contributed by atoms with E-state index in [4.69, 9.17) is 14.4 Å². The van der Waals surface area contributed by atoms with Gasteiger partial charge in [0.05, 0.1) is 11.4 Å². The lowest BCUT2D eigenvalue weighted by Gasteiger charge is -2.22. The molecule has 0 radical (unpaired) electrons. The lowest BCUT2D eigenvalue weighted by molar-refractivity contribution is 0.661. The third-order valence-electron chi connectivity index (χ3n) is 11.5. The molecule has 0 aliphatic heterocycles. The van der Waals surface area contributed by atoms with E-state index in [1.807, 2.05) is 42.5 Å². The maximum absolute atomic E-state index is 6.29. The van der Waals surface area contributed by atoms with Crippen LogP contribution in [-0.4, -0.2) is 9.97 Å². The molecule has 0 bridgehead atoms. The number of benzene rings is 8. The van der Waals surface area contributed by atoms with Crippen LogP contribution in [0.15, 0.2) is 174 Å². The molecule has 3 heteroatoms. The van der Waals surface area contributed by atoms with Gasteiger partial charge in [-0.25, -0.2) is 9.97 Å². The average Bonchev–Trinajstić information content (AvgIpc) is 3.72. The van der Waals surface area contributed by atoms with Crippen LogP contribution < -0.4 is 0 Å². The van der Waals surface area contributed by atoms with Gasteiger partial charge in [0.1, 0.15) is 11.2 Å². The molecule has 2 aromatic heterocycles. The van der Waals surface area contributed by atoms with Crippen LogP contribution in [0.4, 0.5) is 0 Å². The fourth-order valence-corrected chi connectivity index (χ4v) is 8.89. The quantitative estimate of drug-likeness (QED) is 0.184. The Kier molecular flexibility index (Phi) is 6.60.